The molecule has 0 radical (unpaired) electrons. The third kappa shape index (κ3) is 5.43. The molecule has 3 N–H and O–H groups in total. The summed E-state index contributed by atoms with van der Waals surface area (Å²) in [6.45, 7) is 2.38. The molecule has 8 nitrogen and oxygen atoms in total. The van der Waals surface area contributed by atoms with Gasteiger partial charge < -0.3 is 24.3 Å². The zero-order valence-corrected chi connectivity index (χ0v) is 15.2. The zero-order chi connectivity index (χ0) is 18.1. The normalized spacial score (nSPS) is 11.2. The molecule has 0 bridgehead atoms. The van der Waals surface area contributed by atoms with Crippen molar-refractivity contribution in [3.63, 3.8) is 0 Å². The van der Waals surface area contributed by atoms with Crippen LogP contribution in [0.1, 0.15) is 17.3 Å². The van der Waals surface area contributed by atoms with Gasteiger partial charge in [0, 0.05) is 25.3 Å². The summed E-state index contributed by atoms with van der Waals surface area (Å²) in [5.41, 5.74) is 5.40. The Hall–Kier alpha value is -2.26. The highest BCUT2D eigenvalue weighted by atomic mass is 32.1. The summed E-state index contributed by atoms with van der Waals surface area (Å²) in [5, 5.41) is 3.23. The van der Waals surface area contributed by atoms with Crippen molar-refractivity contribution in [1.29, 1.82) is 0 Å². The number of methoxy groups -OCH3 is 4. The fourth-order valence-electron chi connectivity index (χ4n) is 1.94. The molecular weight excluding hydrogens is 334 g/mol. The standard InChI is InChI=1S/C15H23N3O5S/c1-9(8-20-2)16-15(24)18-17-14(19)10-6-12(22-4)13(23-5)7-11(10)21-3/h6-7,9H,8H2,1-5H3,(H,17,19)(H2,16,18,24)/t9-/m1/s1. The van der Waals surface area contributed by atoms with E-state index in [0.29, 0.717) is 23.9 Å². The first kappa shape index (κ1) is 19.8. The Morgan fingerprint density at radius 2 is 1.62 bits per heavy atom. The average Bonchev–Trinajstić information content (AvgIpc) is 2.58. The van der Waals surface area contributed by atoms with Gasteiger partial charge >= 0.3 is 0 Å². The largest absolute Gasteiger partial charge is 0.496 e. The molecule has 0 spiro atoms. The van der Waals surface area contributed by atoms with Crippen molar-refractivity contribution >= 4 is 23.2 Å². The van der Waals surface area contributed by atoms with Gasteiger partial charge in [0.05, 0.1) is 33.5 Å². The Kier molecular flexibility index (Phi) is 8.07. The maximum Gasteiger partial charge on any atom is 0.273 e. The number of hydrogen-bond donors (Lipinski definition) is 3. The van der Waals surface area contributed by atoms with Crippen molar-refractivity contribution in [1.82, 2.24) is 16.2 Å². The second kappa shape index (κ2) is 9.78. The van der Waals surface area contributed by atoms with Crippen molar-refractivity contribution < 1.29 is 23.7 Å². The van der Waals surface area contributed by atoms with Gasteiger partial charge in [0.15, 0.2) is 16.6 Å². The molecule has 24 heavy (non-hydrogen) atoms. The molecule has 0 heterocycles. The first-order valence-electron chi connectivity index (χ1n) is 7.12. The second-order valence-corrected chi connectivity index (χ2v) is 5.22. The Labute approximate surface area is 146 Å². The lowest BCUT2D eigenvalue weighted by atomic mass is 10.1. The lowest BCUT2D eigenvalue weighted by molar-refractivity contribution is 0.0940. The predicted molar refractivity (Wildman–Crippen MR) is 93.8 cm³/mol. The van der Waals surface area contributed by atoms with Gasteiger partial charge in [-0.25, -0.2) is 0 Å². The molecule has 0 aliphatic rings. The van der Waals surface area contributed by atoms with Crippen LogP contribution >= 0.6 is 12.2 Å². The van der Waals surface area contributed by atoms with Gasteiger partial charge in [0.1, 0.15) is 5.75 Å². The number of carbonyl (C=O) groups excluding carboxylic acids is 1. The zero-order valence-electron chi connectivity index (χ0n) is 14.4. The molecular formula is C15H23N3O5S. The van der Waals surface area contributed by atoms with Crippen molar-refractivity contribution in [2.45, 2.75) is 13.0 Å². The number of benzene rings is 1. The molecule has 1 aromatic rings. The molecule has 1 atom stereocenters. The van der Waals surface area contributed by atoms with E-state index in [-0.39, 0.29) is 16.7 Å². The van der Waals surface area contributed by atoms with Crippen molar-refractivity contribution in [3.8, 4) is 17.2 Å². The van der Waals surface area contributed by atoms with Crippen LogP contribution < -0.4 is 30.4 Å². The molecule has 0 aromatic heterocycles. The molecule has 1 amide bonds. The number of nitrogens with one attached hydrogen (secondary N) is 3. The smallest absolute Gasteiger partial charge is 0.273 e. The highest BCUT2D eigenvalue weighted by Crippen LogP contribution is 2.34. The molecule has 0 fully saturated rings. The number of amides is 1. The minimum atomic E-state index is -0.434. The minimum absolute atomic E-state index is 0.00233. The van der Waals surface area contributed by atoms with Crippen molar-refractivity contribution in [2.24, 2.45) is 0 Å². The van der Waals surface area contributed by atoms with E-state index in [1.54, 1.807) is 13.2 Å². The van der Waals surface area contributed by atoms with E-state index in [1.165, 1.54) is 27.4 Å². The summed E-state index contributed by atoms with van der Waals surface area (Å²) in [7, 11) is 6.05. The summed E-state index contributed by atoms with van der Waals surface area (Å²) >= 11 is 5.09. The molecule has 9 heteroatoms. The highest BCUT2D eigenvalue weighted by molar-refractivity contribution is 7.80. The van der Waals surface area contributed by atoms with E-state index in [9.17, 15) is 4.79 Å². The first-order valence-corrected chi connectivity index (χ1v) is 7.53. The summed E-state index contributed by atoms with van der Waals surface area (Å²) in [6, 6.07) is 3.10. The molecule has 0 unspecified atom stereocenters. The maximum atomic E-state index is 12.3. The fourth-order valence-corrected chi connectivity index (χ4v) is 2.19. The third-order valence-corrected chi connectivity index (χ3v) is 3.25. The predicted octanol–water partition coefficient (Wildman–Crippen LogP) is 0.856. The van der Waals surface area contributed by atoms with Crippen LogP contribution in [-0.2, 0) is 4.74 Å². The number of thiocarbonyl (C=S) groups is 1. The van der Waals surface area contributed by atoms with Gasteiger partial charge in [-0.15, -0.1) is 0 Å². The number of hydrazine groups is 1. The third-order valence-electron chi connectivity index (χ3n) is 3.03. The molecule has 0 aliphatic carbocycles. The van der Waals surface area contributed by atoms with Gasteiger partial charge in [-0.1, -0.05) is 0 Å². The Balaban J connectivity index is 2.78. The Morgan fingerprint density at radius 1 is 1.04 bits per heavy atom. The van der Waals surface area contributed by atoms with E-state index in [1.807, 2.05) is 6.92 Å². The van der Waals surface area contributed by atoms with Crippen LogP contribution in [0.15, 0.2) is 12.1 Å². The number of rotatable bonds is 7. The lowest BCUT2D eigenvalue weighted by Gasteiger charge is -2.17. The van der Waals surface area contributed by atoms with Crippen LogP contribution in [0.5, 0.6) is 17.2 Å². The van der Waals surface area contributed by atoms with Crippen molar-refractivity contribution in [2.75, 3.05) is 35.0 Å². The SMILES string of the molecule is COC[C@@H](C)NC(=S)NNC(=O)c1cc(OC)c(OC)cc1OC. The maximum absolute atomic E-state index is 12.3. The highest BCUT2D eigenvalue weighted by Gasteiger charge is 2.18. The Morgan fingerprint density at radius 3 is 2.17 bits per heavy atom. The van der Waals surface area contributed by atoms with Crippen LogP contribution in [0.25, 0.3) is 0 Å². The first-order chi connectivity index (χ1) is 11.5. The van der Waals surface area contributed by atoms with Gasteiger partial charge in [-0.2, -0.15) is 0 Å². The molecule has 1 aromatic carbocycles. The average molecular weight is 357 g/mol. The van der Waals surface area contributed by atoms with E-state index >= 15 is 0 Å². The van der Waals surface area contributed by atoms with Crippen molar-refractivity contribution in [3.05, 3.63) is 17.7 Å². The van der Waals surface area contributed by atoms with E-state index in [4.69, 9.17) is 31.2 Å². The van der Waals surface area contributed by atoms with Crippen LogP contribution in [0.3, 0.4) is 0 Å². The minimum Gasteiger partial charge on any atom is -0.496 e. The number of ether oxygens (including phenoxy) is 4. The van der Waals surface area contributed by atoms with Gasteiger partial charge in [0.2, 0.25) is 0 Å². The molecule has 1 rings (SSSR count). The van der Waals surface area contributed by atoms with Crippen LogP contribution in [0.2, 0.25) is 0 Å². The van der Waals surface area contributed by atoms with E-state index in [0.717, 1.165) is 0 Å². The summed E-state index contributed by atoms with van der Waals surface area (Å²) in [4.78, 5) is 12.3. The quantitative estimate of drug-likeness (QED) is 0.489. The van der Waals surface area contributed by atoms with Gasteiger partial charge in [-0.05, 0) is 19.1 Å². The summed E-state index contributed by atoms with van der Waals surface area (Å²) in [5.74, 6) is 0.789. The Bertz CT molecular complexity index is 582. The topological polar surface area (TPSA) is 90.1 Å². The van der Waals surface area contributed by atoms with E-state index < -0.39 is 5.91 Å². The number of carbonyl (C=O) groups is 1. The summed E-state index contributed by atoms with van der Waals surface area (Å²) in [6.07, 6.45) is 0. The second-order valence-electron chi connectivity index (χ2n) is 4.82. The lowest BCUT2D eigenvalue weighted by Crippen LogP contribution is -2.50. The van der Waals surface area contributed by atoms with Crippen LogP contribution in [0, 0.1) is 0 Å². The van der Waals surface area contributed by atoms with Crippen LogP contribution in [-0.4, -0.2) is 52.1 Å². The van der Waals surface area contributed by atoms with E-state index in [2.05, 4.69) is 16.2 Å². The molecule has 0 aliphatic heterocycles. The molecule has 134 valence electrons. The monoisotopic (exact) mass is 357 g/mol. The van der Waals surface area contributed by atoms with Gasteiger partial charge in [-0.3, -0.25) is 15.6 Å². The van der Waals surface area contributed by atoms with Gasteiger partial charge in [0.25, 0.3) is 5.91 Å². The summed E-state index contributed by atoms with van der Waals surface area (Å²) < 4.78 is 20.6. The molecule has 0 saturated carbocycles. The van der Waals surface area contributed by atoms with Crippen LogP contribution in [0.4, 0.5) is 0 Å². The number of hydrogen-bond acceptors (Lipinski definition) is 6. The fraction of sp³-hybridized carbons (Fsp3) is 0.467. The molecule has 0 saturated heterocycles.